The molecule has 0 fully saturated rings. The van der Waals surface area contributed by atoms with E-state index in [1.54, 1.807) is 12.1 Å². The number of carbonyl (C=O) groups excluding carboxylic acids is 1. The minimum atomic E-state index is -0.249. The second kappa shape index (κ2) is 7.42. The van der Waals surface area contributed by atoms with Crippen LogP contribution in [0.2, 0.25) is 0 Å². The fraction of sp³-hybridized carbons (Fsp3) is 0.300. The maximum absolute atomic E-state index is 12.4. The monoisotopic (exact) mass is 458 g/mol. The molecule has 0 saturated carbocycles. The number of carbonyl (C=O) groups is 1. The molecule has 3 heterocycles. The van der Waals surface area contributed by atoms with E-state index >= 15 is 0 Å². The van der Waals surface area contributed by atoms with Gasteiger partial charge in [0.1, 0.15) is 5.82 Å². The van der Waals surface area contributed by atoms with Crippen LogP contribution >= 0.6 is 27.7 Å². The van der Waals surface area contributed by atoms with Gasteiger partial charge < -0.3 is 10.5 Å². The molecule has 0 saturated heterocycles. The Hall–Kier alpha value is -2.03. The molecule has 3 aromatic rings. The highest BCUT2D eigenvalue weighted by Crippen LogP contribution is 2.30. The van der Waals surface area contributed by atoms with Gasteiger partial charge in [-0.15, -0.1) is 0 Å². The lowest BCUT2D eigenvalue weighted by Gasteiger charge is -2.31. The summed E-state index contributed by atoms with van der Waals surface area (Å²) < 4.78 is 6.79. The maximum Gasteiger partial charge on any atom is 0.192 e. The third-order valence-electron chi connectivity index (χ3n) is 4.57. The van der Waals surface area contributed by atoms with Crippen LogP contribution in [0.25, 0.3) is 11.0 Å². The number of benzene rings is 1. The molecule has 6 nitrogen and oxygen atoms in total. The maximum atomic E-state index is 12.4. The van der Waals surface area contributed by atoms with Crippen molar-refractivity contribution >= 4 is 50.3 Å². The van der Waals surface area contributed by atoms with Crippen molar-refractivity contribution in [1.82, 2.24) is 15.0 Å². The van der Waals surface area contributed by atoms with Gasteiger partial charge in [0, 0.05) is 22.0 Å². The van der Waals surface area contributed by atoms with E-state index in [1.165, 1.54) is 11.8 Å². The topological polar surface area (TPSA) is 91.0 Å². The van der Waals surface area contributed by atoms with Crippen LogP contribution < -0.4 is 5.73 Å². The molecular formula is C20H19BrN4O2S. The zero-order valence-electron chi connectivity index (χ0n) is 15.5. The lowest BCUT2D eigenvalue weighted by molar-refractivity contribution is -0.0411. The van der Waals surface area contributed by atoms with E-state index in [9.17, 15) is 4.79 Å². The first kappa shape index (κ1) is 19.3. The van der Waals surface area contributed by atoms with E-state index < -0.39 is 0 Å². The molecule has 8 heteroatoms. The Kier molecular flexibility index (Phi) is 5.11. The van der Waals surface area contributed by atoms with Crippen LogP contribution in [-0.4, -0.2) is 32.1 Å². The van der Waals surface area contributed by atoms with Crippen LogP contribution in [0.5, 0.6) is 0 Å². The Morgan fingerprint density at radius 2 is 2.00 bits per heavy atom. The minimum absolute atomic E-state index is 0.0112. The Morgan fingerprint density at radius 1 is 1.25 bits per heavy atom. The third kappa shape index (κ3) is 4.04. The number of hydrogen-bond donors (Lipinski definition) is 1. The lowest BCUT2D eigenvalue weighted by atomic mass is 9.95. The number of pyridine rings is 1. The number of halogens is 1. The van der Waals surface area contributed by atoms with Gasteiger partial charge in [-0.05, 0) is 32.0 Å². The van der Waals surface area contributed by atoms with Crippen molar-refractivity contribution in [2.24, 2.45) is 0 Å². The van der Waals surface area contributed by atoms with E-state index in [0.717, 1.165) is 15.7 Å². The Labute approximate surface area is 175 Å². The summed E-state index contributed by atoms with van der Waals surface area (Å²) in [4.78, 5) is 26.0. The summed E-state index contributed by atoms with van der Waals surface area (Å²) in [7, 11) is 0. The number of ether oxygens (including phenoxy) is 1. The standard InChI is InChI=1S/C20H19BrN4O2S/c1-20(2)8-15-12(9-27-20)7-14-17(22)24-19(25-18(14)23-15)28-10-16(26)11-3-5-13(21)6-4-11/h3-7H,8-10H2,1-2H3,(H2,22,23,24,25). The van der Waals surface area contributed by atoms with Gasteiger partial charge in [0.15, 0.2) is 16.6 Å². The summed E-state index contributed by atoms with van der Waals surface area (Å²) in [6.45, 7) is 4.60. The molecule has 0 amide bonds. The van der Waals surface area contributed by atoms with Gasteiger partial charge in [-0.2, -0.15) is 0 Å². The van der Waals surface area contributed by atoms with Gasteiger partial charge in [0.05, 0.1) is 29.0 Å². The van der Waals surface area contributed by atoms with Crippen molar-refractivity contribution in [2.45, 2.75) is 37.6 Å². The SMILES string of the molecule is CC1(C)Cc2nc3nc(SCC(=O)c4ccc(Br)cc4)nc(N)c3cc2CO1. The second-order valence-electron chi connectivity index (χ2n) is 7.30. The van der Waals surface area contributed by atoms with Crippen molar-refractivity contribution in [1.29, 1.82) is 0 Å². The summed E-state index contributed by atoms with van der Waals surface area (Å²) in [5.74, 6) is 0.610. The van der Waals surface area contributed by atoms with Crippen LogP contribution in [-0.2, 0) is 17.8 Å². The van der Waals surface area contributed by atoms with Crippen LogP contribution in [0, 0.1) is 0 Å². The Balaban J connectivity index is 1.58. The fourth-order valence-electron chi connectivity index (χ4n) is 3.05. The van der Waals surface area contributed by atoms with Crippen LogP contribution in [0.4, 0.5) is 5.82 Å². The smallest absolute Gasteiger partial charge is 0.192 e. The number of fused-ring (bicyclic) bond motifs is 2. The van der Waals surface area contributed by atoms with Crippen molar-refractivity contribution in [3.63, 3.8) is 0 Å². The average molecular weight is 459 g/mol. The highest BCUT2D eigenvalue weighted by Gasteiger charge is 2.28. The summed E-state index contributed by atoms with van der Waals surface area (Å²) in [6.07, 6.45) is 0.715. The quantitative estimate of drug-likeness (QED) is 0.355. The van der Waals surface area contributed by atoms with E-state index in [1.807, 2.05) is 32.0 Å². The van der Waals surface area contributed by atoms with Crippen molar-refractivity contribution in [2.75, 3.05) is 11.5 Å². The molecular weight excluding hydrogens is 440 g/mol. The van der Waals surface area contributed by atoms with E-state index in [-0.39, 0.29) is 17.1 Å². The van der Waals surface area contributed by atoms with Gasteiger partial charge >= 0.3 is 0 Å². The number of Topliss-reactive ketones (excluding diaryl/α,β-unsaturated/α-hetero) is 1. The molecule has 0 bridgehead atoms. The molecule has 0 spiro atoms. The van der Waals surface area contributed by atoms with Crippen molar-refractivity contribution in [3.05, 3.63) is 51.6 Å². The number of nitrogen functional groups attached to an aromatic ring is 1. The van der Waals surface area contributed by atoms with Crippen molar-refractivity contribution in [3.8, 4) is 0 Å². The molecule has 144 valence electrons. The summed E-state index contributed by atoms with van der Waals surface area (Å²) in [5.41, 5.74) is 9.10. The van der Waals surface area contributed by atoms with E-state index in [0.29, 0.717) is 40.6 Å². The second-order valence-corrected chi connectivity index (χ2v) is 9.16. The highest BCUT2D eigenvalue weighted by molar-refractivity contribution is 9.10. The van der Waals surface area contributed by atoms with Gasteiger partial charge in [-0.1, -0.05) is 39.8 Å². The Morgan fingerprint density at radius 3 is 2.75 bits per heavy atom. The number of ketones is 1. The first-order chi connectivity index (χ1) is 13.3. The lowest BCUT2D eigenvalue weighted by Crippen LogP contribution is -2.32. The molecule has 1 aliphatic rings. The van der Waals surface area contributed by atoms with E-state index in [2.05, 4.69) is 25.9 Å². The summed E-state index contributed by atoms with van der Waals surface area (Å²) in [6, 6.07) is 9.24. The molecule has 2 aromatic heterocycles. The molecule has 1 aromatic carbocycles. The Bertz CT molecular complexity index is 1070. The molecule has 28 heavy (non-hydrogen) atoms. The number of anilines is 1. The molecule has 1 aliphatic heterocycles. The predicted molar refractivity (Wildman–Crippen MR) is 114 cm³/mol. The molecule has 2 N–H and O–H groups in total. The van der Waals surface area contributed by atoms with Gasteiger partial charge in [0.25, 0.3) is 0 Å². The number of nitrogens with two attached hydrogens (primary N) is 1. The zero-order chi connectivity index (χ0) is 19.9. The molecule has 0 radical (unpaired) electrons. The molecule has 4 rings (SSSR count). The average Bonchev–Trinajstić information content (AvgIpc) is 2.65. The third-order valence-corrected chi connectivity index (χ3v) is 5.95. The fourth-order valence-corrected chi connectivity index (χ4v) is 4.06. The largest absolute Gasteiger partial charge is 0.383 e. The summed E-state index contributed by atoms with van der Waals surface area (Å²) >= 11 is 4.63. The van der Waals surface area contributed by atoms with Crippen LogP contribution in [0.3, 0.4) is 0 Å². The minimum Gasteiger partial charge on any atom is -0.383 e. The first-order valence-electron chi connectivity index (χ1n) is 8.82. The van der Waals surface area contributed by atoms with Crippen LogP contribution in [0.1, 0.15) is 35.5 Å². The number of rotatable bonds is 4. The first-order valence-corrected chi connectivity index (χ1v) is 10.6. The van der Waals surface area contributed by atoms with Gasteiger partial charge in [-0.25, -0.2) is 15.0 Å². The molecule has 0 aliphatic carbocycles. The molecule has 0 atom stereocenters. The number of nitrogens with zero attached hydrogens (tertiary/aromatic N) is 3. The van der Waals surface area contributed by atoms with Crippen LogP contribution in [0.15, 0.2) is 40.0 Å². The zero-order valence-corrected chi connectivity index (χ0v) is 17.9. The number of thioether (sulfide) groups is 1. The molecule has 0 unspecified atom stereocenters. The highest BCUT2D eigenvalue weighted by atomic mass is 79.9. The van der Waals surface area contributed by atoms with Crippen molar-refractivity contribution < 1.29 is 9.53 Å². The normalized spacial score (nSPS) is 15.4. The van der Waals surface area contributed by atoms with Gasteiger partial charge in [0.2, 0.25) is 0 Å². The number of aromatic nitrogens is 3. The summed E-state index contributed by atoms with van der Waals surface area (Å²) in [5, 5.41) is 1.17. The van der Waals surface area contributed by atoms with Gasteiger partial charge in [-0.3, -0.25) is 4.79 Å². The number of hydrogen-bond acceptors (Lipinski definition) is 7. The van der Waals surface area contributed by atoms with E-state index in [4.69, 9.17) is 15.5 Å². The predicted octanol–water partition coefficient (Wildman–Crippen LogP) is 4.20.